The van der Waals surface area contributed by atoms with Crippen LogP contribution in [0.2, 0.25) is 0 Å². The molecule has 1 aromatic rings. The van der Waals surface area contributed by atoms with E-state index in [0.717, 1.165) is 19.3 Å². The van der Waals surface area contributed by atoms with Crippen molar-refractivity contribution in [3.63, 3.8) is 0 Å². The van der Waals surface area contributed by atoms with E-state index >= 15 is 0 Å². The number of anilines is 1. The summed E-state index contributed by atoms with van der Waals surface area (Å²) in [5, 5.41) is 2.69. The third-order valence-electron chi connectivity index (χ3n) is 3.30. The van der Waals surface area contributed by atoms with Crippen molar-refractivity contribution in [3.05, 3.63) is 23.8 Å². The van der Waals surface area contributed by atoms with Gasteiger partial charge >= 0.3 is 6.36 Å². The minimum atomic E-state index is -4.72. The molecule has 1 aromatic carbocycles. The molecule has 3 nitrogen and oxygen atoms in total. The number of ether oxygens (including phenoxy) is 1. The minimum Gasteiger partial charge on any atom is -0.406 e. The molecule has 1 aliphatic rings. The quantitative estimate of drug-likeness (QED) is 0.824. The van der Waals surface area contributed by atoms with Crippen molar-refractivity contribution in [1.82, 2.24) is 0 Å². The molecule has 0 saturated heterocycles. The molecule has 6 heteroatoms. The molecule has 2 rings (SSSR count). The van der Waals surface area contributed by atoms with Crippen LogP contribution in [0, 0.1) is 0 Å². The summed E-state index contributed by atoms with van der Waals surface area (Å²) in [6.07, 6.45) is -1.18. The molecule has 20 heavy (non-hydrogen) atoms. The monoisotopic (exact) mass is 287 g/mol. The second-order valence-electron chi connectivity index (χ2n) is 4.83. The number of amides is 1. The molecule has 0 aliphatic carbocycles. The first-order valence-electron chi connectivity index (χ1n) is 6.61. The van der Waals surface area contributed by atoms with E-state index in [4.69, 9.17) is 0 Å². The van der Waals surface area contributed by atoms with Crippen molar-refractivity contribution < 1.29 is 22.7 Å². The van der Waals surface area contributed by atoms with E-state index in [1.165, 1.54) is 18.2 Å². The first-order valence-corrected chi connectivity index (χ1v) is 6.61. The molecular formula is C14H16F3NO2. The highest BCUT2D eigenvalue weighted by molar-refractivity contribution is 6.03. The zero-order valence-electron chi connectivity index (χ0n) is 11.1. The van der Waals surface area contributed by atoms with E-state index < -0.39 is 6.36 Å². The van der Waals surface area contributed by atoms with Gasteiger partial charge in [-0.1, -0.05) is 26.2 Å². The van der Waals surface area contributed by atoms with Crippen molar-refractivity contribution in [2.75, 3.05) is 5.32 Å². The van der Waals surface area contributed by atoms with Gasteiger partial charge in [0.1, 0.15) is 5.75 Å². The van der Waals surface area contributed by atoms with Crippen molar-refractivity contribution >= 4 is 11.6 Å². The maximum atomic E-state index is 12.2. The van der Waals surface area contributed by atoms with Crippen LogP contribution in [0.1, 0.15) is 44.1 Å². The number of halogens is 3. The Kier molecular flexibility index (Phi) is 4.20. The van der Waals surface area contributed by atoms with E-state index in [2.05, 4.69) is 17.0 Å². The first-order chi connectivity index (χ1) is 9.40. The molecule has 1 amide bonds. The standard InChI is InChI=1S/C14H16F3NO2/c1-2-3-4-5-10-11-8-9(20-14(15,16)17)6-7-12(11)18-13(10)19/h6-8,10H,2-5H2,1H3,(H,18,19). The SMILES string of the molecule is CCCCCC1C(=O)Nc2ccc(OC(F)(F)F)cc21. The molecule has 0 bridgehead atoms. The average Bonchev–Trinajstić information content (AvgIpc) is 2.64. The first kappa shape index (κ1) is 14.7. The number of unbranched alkanes of at least 4 members (excludes halogenated alkanes) is 2. The van der Waals surface area contributed by atoms with Crippen LogP contribution < -0.4 is 10.1 Å². The van der Waals surface area contributed by atoms with E-state index in [0.29, 0.717) is 17.7 Å². The number of hydrogen-bond acceptors (Lipinski definition) is 2. The van der Waals surface area contributed by atoms with Crippen LogP contribution in [0.25, 0.3) is 0 Å². The fourth-order valence-corrected chi connectivity index (χ4v) is 2.39. The molecule has 1 unspecified atom stereocenters. The largest absolute Gasteiger partial charge is 0.573 e. The van der Waals surface area contributed by atoms with Gasteiger partial charge in [-0.05, 0) is 30.2 Å². The van der Waals surface area contributed by atoms with Crippen LogP contribution in [-0.4, -0.2) is 12.3 Å². The van der Waals surface area contributed by atoms with Gasteiger partial charge < -0.3 is 10.1 Å². The number of alkyl halides is 3. The summed E-state index contributed by atoms with van der Waals surface area (Å²) in [5.74, 6) is -0.818. The van der Waals surface area contributed by atoms with Gasteiger partial charge in [0.05, 0.1) is 5.92 Å². The van der Waals surface area contributed by atoms with E-state index in [-0.39, 0.29) is 17.6 Å². The Balaban J connectivity index is 2.17. The Hall–Kier alpha value is -1.72. The van der Waals surface area contributed by atoms with Gasteiger partial charge in [0.2, 0.25) is 5.91 Å². The molecule has 1 aliphatic heterocycles. The van der Waals surface area contributed by atoms with Gasteiger partial charge in [-0.3, -0.25) is 4.79 Å². The highest BCUT2D eigenvalue weighted by atomic mass is 19.4. The number of rotatable bonds is 5. The van der Waals surface area contributed by atoms with Crippen LogP contribution in [0.15, 0.2) is 18.2 Å². The lowest BCUT2D eigenvalue weighted by molar-refractivity contribution is -0.274. The summed E-state index contributed by atoms with van der Waals surface area (Å²) in [7, 11) is 0. The second-order valence-corrected chi connectivity index (χ2v) is 4.83. The van der Waals surface area contributed by atoms with Crippen LogP contribution >= 0.6 is 0 Å². The highest BCUT2D eigenvalue weighted by Crippen LogP contribution is 2.38. The summed E-state index contributed by atoms with van der Waals surface area (Å²) in [5.41, 5.74) is 1.17. The Morgan fingerprint density at radius 2 is 2.05 bits per heavy atom. The molecule has 0 saturated carbocycles. The van der Waals surface area contributed by atoms with Crippen LogP contribution in [0.4, 0.5) is 18.9 Å². The smallest absolute Gasteiger partial charge is 0.406 e. The zero-order chi connectivity index (χ0) is 14.8. The summed E-state index contributed by atoms with van der Waals surface area (Å²) >= 11 is 0. The van der Waals surface area contributed by atoms with Crippen molar-refractivity contribution in [2.24, 2.45) is 0 Å². The molecule has 0 spiro atoms. The predicted octanol–water partition coefficient (Wildman–Crippen LogP) is 4.20. The normalized spacial score (nSPS) is 17.8. The highest BCUT2D eigenvalue weighted by Gasteiger charge is 2.34. The second kappa shape index (κ2) is 5.73. The summed E-state index contributed by atoms with van der Waals surface area (Å²) in [6, 6.07) is 3.96. The van der Waals surface area contributed by atoms with Gasteiger partial charge in [-0.25, -0.2) is 0 Å². The summed E-state index contributed by atoms with van der Waals surface area (Å²) < 4.78 is 40.5. The fourth-order valence-electron chi connectivity index (χ4n) is 2.39. The number of benzene rings is 1. The number of carbonyl (C=O) groups is 1. The Morgan fingerprint density at radius 1 is 1.30 bits per heavy atom. The predicted molar refractivity (Wildman–Crippen MR) is 68.6 cm³/mol. The van der Waals surface area contributed by atoms with Gasteiger partial charge in [0.15, 0.2) is 0 Å². The Bertz CT molecular complexity index is 500. The van der Waals surface area contributed by atoms with E-state index in [1.807, 2.05) is 0 Å². The lowest BCUT2D eigenvalue weighted by Crippen LogP contribution is -2.17. The van der Waals surface area contributed by atoms with Gasteiger partial charge in [0, 0.05) is 5.69 Å². The lowest BCUT2D eigenvalue weighted by Gasteiger charge is -2.12. The molecule has 1 atom stereocenters. The number of fused-ring (bicyclic) bond motifs is 1. The van der Waals surface area contributed by atoms with Crippen molar-refractivity contribution in [1.29, 1.82) is 0 Å². The van der Waals surface area contributed by atoms with Crippen LogP contribution in [-0.2, 0) is 4.79 Å². The number of hydrogen-bond donors (Lipinski definition) is 1. The number of carbonyl (C=O) groups excluding carboxylic acids is 1. The van der Waals surface area contributed by atoms with Crippen molar-refractivity contribution in [2.45, 2.75) is 44.9 Å². The molecule has 0 aromatic heterocycles. The minimum absolute atomic E-state index is 0.153. The zero-order valence-corrected chi connectivity index (χ0v) is 11.1. The maximum Gasteiger partial charge on any atom is 0.573 e. The molecule has 1 N–H and O–H groups in total. The third-order valence-corrected chi connectivity index (χ3v) is 3.30. The Labute approximate surface area is 115 Å². The average molecular weight is 287 g/mol. The molecule has 1 heterocycles. The third kappa shape index (κ3) is 3.43. The summed E-state index contributed by atoms with van der Waals surface area (Å²) in [6.45, 7) is 2.05. The van der Waals surface area contributed by atoms with Gasteiger partial charge in [-0.2, -0.15) is 0 Å². The topological polar surface area (TPSA) is 38.3 Å². The van der Waals surface area contributed by atoms with Gasteiger partial charge in [-0.15, -0.1) is 13.2 Å². The fraction of sp³-hybridized carbons (Fsp3) is 0.500. The number of nitrogens with one attached hydrogen (secondary N) is 1. The van der Waals surface area contributed by atoms with Crippen LogP contribution in [0.3, 0.4) is 0 Å². The molecule has 0 fully saturated rings. The molecular weight excluding hydrogens is 271 g/mol. The molecule has 110 valence electrons. The molecule has 0 radical (unpaired) electrons. The van der Waals surface area contributed by atoms with Crippen molar-refractivity contribution in [3.8, 4) is 5.75 Å². The lowest BCUT2D eigenvalue weighted by atomic mass is 9.94. The maximum absolute atomic E-state index is 12.2. The van der Waals surface area contributed by atoms with E-state index in [1.54, 1.807) is 0 Å². The van der Waals surface area contributed by atoms with E-state index in [9.17, 15) is 18.0 Å². The van der Waals surface area contributed by atoms with Gasteiger partial charge in [0.25, 0.3) is 0 Å². The summed E-state index contributed by atoms with van der Waals surface area (Å²) in [4.78, 5) is 11.8. The Morgan fingerprint density at radius 3 is 2.70 bits per heavy atom. The van der Waals surface area contributed by atoms with Crippen LogP contribution in [0.5, 0.6) is 5.75 Å².